The van der Waals surface area contributed by atoms with Crippen LogP contribution >= 0.6 is 11.3 Å². The first-order valence-corrected chi connectivity index (χ1v) is 5.76. The van der Waals surface area contributed by atoms with Crippen LogP contribution in [0.2, 0.25) is 0 Å². The Balaban J connectivity index is 2.53. The third kappa shape index (κ3) is 2.13. The molecule has 15 heavy (non-hydrogen) atoms. The monoisotopic (exact) mass is 222 g/mol. The highest BCUT2D eigenvalue weighted by atomic mass is 32.1. The second-order valence-electron chi connectivity index (χ2n) is 4.40. The Kier molecular flexibility index (Phi) is 2.44. The van der Waals surface area contributed by atoms with Gasteiger partial charge in [0, 0.05) is 16.5 Å². The van der Waals surface area contributed by atoms with Crippen LogP contribution in [0.15, 0.2) is 23.6 Å². The van der Waals surface area contributed by atoms with E-state index < -0.39 is 5.60 Å². The molecule has 0 atom stereocenters. The minimum atomic E-state index is -0.740. The highest BCUT2D eigenvalue weighted by molar-refractivity contribution is 7.17. The molecular formula is C12H14O2S. The van der Waals surface area contributed by atoms with Crippen molar-refractivity contribution in [2.45, 2.75) is 25.9 Å². The van der Waals surface area contributed by atoms with Gasteiger partial charge >= 0.3 is 0 Å². The topological polar surface area (TPSA) is 40.5 Å². The molecule has 2 rings (SSSR count). The van der Waals surface area contributed by atoms with E-state index in [1.54, 1.807) is 31.3 Å². The van der Waals surface area contributed by atoms with Gasteiger partial charge in [0.2, 0.25) is 0 Å². The number of aliphatic hydroxyl groups is 1. The van der Waals surface area contributed by atoms with Crippen LogP contribution in [0, 0.1) is 0 Å². The standard InChI is InChI=1S/C12H14O2S/c1-12(2,14)6-8-7-15-10-5-3-4-9(13)11(8)10/h3-5,7,13-14H,6H2,1-2H3. The number of hydrogen-bond acceptors (Lipinski definition) is 3. The van der Waals surface area contributed by atoms with Crippen molar-refractivity contribution in [1.29, 1.82) is 0 Å². The van der Waals surface area contributed by atoms with Crippen molar-refractivity contribution in [3.8, 4) is 5.75 Å². The van der Waals surface area contributed by atoms with Gasteiger partial charge in [-0.25, -0.2) is 0 Å². The molecular weight excluding hydrogens is 208 g/mol. The van der Waals surface area contributed by atoms with Gasteiger partial charge in [0.15, 0.2) is 0 Å². The van der Waals surface area contributed by atoms with Gasteiger partial charge in [-0.2, -0.15) is 0 Å². The van der Waals surface area contributed by atoms with E-state index in [1.807, 2.05) is 17.5 Å². The SMILES string of the molecule is CC(C)(O)Cc1csc2cccc(O)c12. The van der Waals surface area contributed by atoms with Crippen LogP contribution in [-0.2, 0) is 6.42 Å². The zero-order valence-corrected chi connectivity index (χ0v) is 9.64. The highest BCUT2D eigenvalue weighted by Crippen LogP contribution is 2.34. The molecule has 0 fully saturated rings. The minimum Gasteiger partial charge on any atom is -0.507 e. The molecule has 0 aliphatic rings. The maximum absolute atomic E-state index is 9.76. The largest absolute Gasteiger partial charge is 0.507 e. The molecule has 0 radical (unpaired) electrons. The fourth-order valence-electron chi connectivity index (χ4n) is 1.73. The molecule has 1 heterocycles. The molecule has 0 bridgehead atoms. The van der Waals surface area contributed by atoms with E-state index in [0.29, 0.717) is 12.2 Å². The molecule has 0 amide bonds. The van der Waals surface area contributed by atoms with Crippen LogP contribution in [0.1, 0.15) is 19.4 Å². The molecule has 2 nitrogen and oxygen atoms in total. The summed E-state index contributed by atoms with van der Waals surface area (Å²) in [4.78, 5) is 0. The molecule has 2 aromatic rings. The Hall–Kier alpha value is -1.06. The number of benzene rings is 1. The predicted octanol–water partition coefficient (Wildman–Crippen LogP) is 2.92. The van der Waals surface area contributed by atoms with Crippen molar-refractivity contribution in [2.24, 2.45) is 0 Å². The number of phenolic OH excluding ortho intramolecular Hbond substituents is 1. The molecule has 3 heteroatoms. The lowest BCUT2D eigenvalue weighted by Gasteiger charge is -2.16. The Morgan fingerprint density at radius 2 is 2.07 bits per heavy atom. The van der Waals surface area contributed by atoms with Gasteiger partial charge in [-0.3, -0.25) is 0 Å². The van der Waals surface area contributed by atoms with Crippen LogP contribution in [0.25, 0.3) is 10.1 Å². The number of fused-ring (bicyclic) bond motifs is 1. The lowest BCUT2D eigenvalue weighted by molar-refractivity contribution is 0.0814. The fraction of sp³-hybridized carbons (Fsp3) is 0.333. The van der Waals surface area contributed by atoms with Crippen molar-refractivity contribution >= 4 is 21.4 Å². The summed E-state index contributed by atoms with van der Waals surface area (Å²) in [7, 11) is 0. The Morgan fingerprint density at radius 1 is 1.33 bits per heavy atom. The molecule has 0 spiro atoms. The first kappa shape index (κ1) is 10.5. The molecule has 0 unspecified atom stereocenters. The maximum Gasteiger partial charge on any atom is 0.124 e. The normalized spacial score (nSPS) is 12.2. The quantitative estimate of drug-likeness (QED) is 0.820. The average Bonchev–Trinajstić information content (AvgIpc) is 2.47. The van der Waals surface area contributed by atoms with E-state index in [0.717, 1.165) is 15.6 Å². The third-order valence-electron chi connectivity index (χ3n) is 2.28. The summed E-state index contributed by atoms with van der Waals surface area (Å²) >= 11 is 1.60. The number of rotatable bonds is 2. The van der Waals surface area contributed by atoms with E-state index in [2.05, 4.69) is 0 Å². The predicted molar refractivity (Wildman–Crippen MR) is 63.5 cm³/mol. The van der Waals surface area contributed by atoms with Gasteiger partial charge in [-0.1, -0.05) is 6.07 Å². The smallest absolute Gasteiger partial charge is 0.124 e. The minimum absolute atomic E-state index is 0.299. The Morgan fingerprint density at radius 3 is 2.73 bits per heavy atom. The van der Waals surface area contributed by atoms with Gasteiger partial charge in [-0.05, 0) is 36.9 Å². The number of thiophene rings is 1. The van der Waals surface area contributed by atoms with Crippen LogP contribution < -0.4 is 0 Å². The Labute approximate surface area is 92.8 Å². The second-order valence-corrected chi connectivity index (χ2v) is 5.31. The van der Waals surface area contributed by atoms with Gasteiger partial charge in [0.1, 0.15) is 5.75 Å². The van der Waals surface area contributed by atoms with Crippen molar-refractivity contribution < 1.29 is 10.2 Å². The van der Waals surface area contributed by atoms with Crippen molar-refractivity contribution in [2.75, 3.05) is 0 Å². The summed E-state index contributed by atoms with van der Waals surface area (Å²) < 4.78 is 1.06. The summed E-state index contributed by atoms with van der Waals surface area (Å²) in [6, 6.07) is 5.50. The summed E-state index contributed by atoms with van der Waals surface area (Å²) in [5, 5.41) is 22.4. The lowest BCUT2D eigenvalue weighted by atomic mass is 9.98. The van der Waals surface area contributed by atoms with Gasteiger partial charge in [0.25, 0.3) is 0 Å². The zero-order valence-electron chi connectivity index (χ0n) is 8.82. The first-order valence-electron chi connectivity index (χ1n) is 4.88. The van der Waals surface area contributed by atoms with Crippen LogP contribution in [0.5, 0.6) is 5.75 Å². The summed E-state index contributed by atoms with van der Waals surface area (Å²) in [6.07, 6.45) is 0.560. The van der Waals surface area contributed by atoms with E-state index in [9.17, 15) is 10.2 Å². The zero-order chi connectivity index (χ0) is 11.1. The van der Waals surface area contributed by atoms with Crippen molar-refractivity contribution in [1.82, 2.24) is 0 Å². The highest BCUT2D eigenvalue weighted by Gasteiger charge is 2.17. The van der Waals surface area contributed by atoms with Gasteiger partial charge in [-0.15, -0.1) is 11.3 Å². The van der Waals surface area contributed by atoms with Crippen LogP contribution in [0.4, 0.5) is 0 Å². The lowest BCUT2D eigenvalue weighted by Crippen LogP contribution is -2.21. The van der Waals surface area contributed by atoms with Crippen molar-refractivity contribution in [3.63, 3.8) is 0 Å². The maximum atomic E-state index is 9.76. The van der Waals surface area contributed by atoms with E-state index in [4.69, 9.17) is 0 Å². The molecule has 80 valence electrons. The van der Waals surface area contributed by atoms with Gasteiger partial charge in [0.05, 0.1) is 5.60 Å². The molecule has 0 aliphatic carbocycles. The number of aromatic hydroxyl groups is 1. The molecule has 0 aliphatic heterocycles. The van der Waals surface area contributed by atoms with E-state index in [1.165, 1.54) is 0 Å². The number of hydrogen-bond donors (Lipinski definition) is 2. The molecule has 0 saturated carbocycles. The Bertz CT molecular complexity index is 480. The van der Waals surface area contributed by atoms with Crippen LogP contribution in [-0.4, -0.2) is 15.8 Å². The third-order valence-corrected chi connectivity index (χ3v) is 3.27. The van der Waals surface area contributed by atoms with Crippen LogP contribution in [0.3, 0.4) is 0 Å². The summed E-state index contributed by atoms with van der Waals surface area (Å²) in [6.45, 7) is 3.55. The summed E-state index contributed by atoms with van der Waals surface area (Å²) in [5.74, 6) is 0.299. The average molecular weight is 222 g/mol. The summed E-state index contributed by atoms with van der Waals surface area (Å²) in [5.41, 5.74) is 0.275. The first-order chi connectivity index (χ1) is 6.97. The molecule has 1 aromatic carbocycles. The van der Waals surface area contributed by atoms with E-state index >= 15 is 0 Å². The van der Waals surface area contributed by atoms with E-state index in [-0.39, 0.29) is 0 Å². The molecule has 0 saturated heterocycles. The molecule has 2 N–H and O–H groups in total. The van der Waals surface area contributed by atoms with Gasteiger partial charge < -0.3 is 10.2 Å². The number of phenols is 1. The fourth-order valence-corrected chi connectivity index (χ4v) is 2.71. The molecule has 1 aromatic heterocycles. The van der Waals surface area contributed by atoms with Crippen molar-refractivity contribution in [3.05, 3.63) is 29.1 Å². The second kappa shape index (κ2) is 3.51.